The van der Waals surface area contributed by atoms with Crippen LogP contribution in [0.2, 0.25) is 0 Å². The molecule has 0 rings (SSSR count). The van der Waals surface area contributed by atoms with E-state index >= 15 is 0 Å². The van der Waals surface area contributed by atoms with Gasteiger partial charge in [0.15, 0.2) is 0 Å². The average molecular weight is 168 g/mol. The maximum Gasteiger partial charge on any atom is 0.310 e. The molecule has 0 amide bonds. The molecule has 0 saturated heterocycles. The third-order valence-electron chi connectivity index (χ3n) is 1.56. The second-order valence-corrected chi connectivity index (χ2v) is 2.84. The minimum absolute atomic E-state index is 0.398. The van der Waals surface area contributed by atoms with Gasteiger partial charge < -0.3 is 5.11 Å². The summed E-state index contributed by atoms with van der Waals surface area (Å²) in [6.07, 6.45) is 6.59. The Morgan fingerprint density at radius 2 is 2.17 bits per heavy atom. The molecule has 0 fully saturated rings. The van der Waals surface area contributed by atoms with Crippen LogP contribution >= 0.6 is 0 Å². The van der Waals surface area contributed by atoms with Crippen molar-refractivity contribution in [2.75, 3.05) is 0 Å². The van der Waals surface area contributed by atoms with Gasteiger partial charge in [0.2, 0.25) is 0 Å². The van der Waals surface area contributed by atoms with Gasteiger partial charge in [-0.15, -0.1) is 0 Å². The predicted molar refractivity (Wildman–Crippen MR) is 50.0 cm³/mol. The zero-order valence-corrected chi connectivity index (χ0v) is 7.87. The lowest BCUT2D eigenvalue weighted by Crippen LogP contribution is -2.05. The van der Waals surface area contributed by atoms with E-state index in [4.69, 9.17) is 5.11 Å². The van der Waals surface area contributed by atoms with Gasteiger partial charge in [-0.25, -0.2) is 0 Å². The SMILES string of the molecule is CC/C=C(C)\C=C/C(C)C(=O)O. The smallest absolute Gasteiger partial charge is 0.310 e. The first-order chi connectivity index (χ1) is 5.57. The Hall–Kier alpha value is -1.05. The first-order valence-electron chi connectivity index (χ1n) is 4.15. The van der Waals surface area contributed by atoms with Crippen LogP contribution in [0.15, 0.2) is 23.8 Å². The molecule has 0 aliphatic rings. The maximum atomic E-state index is 10.4. The van der Waals surface area contributed by atoms with E-state index in [-0.39, 0.29) is 0 Å². The van der Waals surface area contributed by atoms with E-state index in [0.29, 0.717) is 0 Å². The van der Waals surface area contributed by atoms with Crippen LogP contribution < -0.4 is 0 Å². The molecular weight excluding hydrogens is 152 g/mol. The monoisotopic (exact) mass is 168 g/mol. The van der Waals surface area contributed by atoms with Crippen molar-refractivity contribution >= 4 is 5.97 Å². The normalized spacial score (nSPS) is 15.1. The van der Waals surface area contributed by atoms with Crippen molar-refractivity contribution < 1.29 is 9.90 Å². The first-order valence-corrected chi connectivity index (χ1v) is 4.15. The Balaban J connectivity index is 4.06. The molecule has 0 spiro atoms. The highest BCUT2D eigenvalue weighted by molar-refractivity contribution is 5.71. The summed E-state index contributed by atoms with van der Waals surface area (Å²) in [6, 6.07) is 0. The van der Waals surface area contributed by atoms with Crippen molar-refractivity contribution in [1.82, 2.24) is 0 Å². The number of allylic oxidation sites excluding steroid dienone is 3. The molecule has 0 heterocycles. The molecule has 0 aliphatic carbocycles. The van der Waals surface area contributed by atoms with Gasteiger partial charge in [0.25, 0.3) is 0 Å². The number of hydrogen-bond acceptors (Lipinski definition) is 1. The molecule has 2 nitrogen and oxygen atoms in total. The van der Waals surface area contributed by atoms with Gasteiger partial charge >= 0.3 is 5.97 Å². The zero-order chi connectivity index (χ0) is 9.56. The van der Waals surface area contributed by atoms with E-state index in [9.17, 15) is 4.79 Å². The molecule has 0 aromatic rings. The Kier molecular flexibility index (Phi) is 5.09. The number of carboxylic acid groups (broad SMARTS) is 1. The van der Waals surface area contributed by atoms with Crippen molar-refractivity contribution in [3.05, 3.63) is 23.8 Å². The van der Waals surface area contributed by atoms with E-state index in [1.54, 1.807) is 13.0 Å². The molecule has 0 saturated carbocycles. The Morgan fingerprint density at radius 1 is 1.58 bits per heavy atom. The molecule has 12 heavy (non-hydrogen) atoms. The number of rotatable bonds is 4. The van der Waals surface area contributed by atoms with Crippen molar-refractivity contribution in [2.24, 2.45) is 5.92 Å². The summed E-state index contributed by atoms with van der Waals surface area (Å²) in [5, 5.41) is 8.55. The van der Waals surface area contributed by atoms with Crippen LogP contribution in [-0.4, -0.2) is 11.1 Å². The number of carbonyl (C=O) groups is 1. The molecule has 2 heteroatoms. The maximum absolute atomic E-state index is 10.4. The van der Waals surface area contributed by atoms with Crippen LogP contribution in [0.3, 0.4) is 0 Å². The summed E-state index contributed by atoms with van der Waals surface area (Å²) in [6.45, 7) is 5.69. The van der Waals surface area contributed by atoms with Crippen molar-refractivity contribution in [3.8, 4) is 0 Å². The largest absolute Gasteiger partial charge is 0.481 e. The summed E-state index contributed by atoms with van der Waals surface area (Å²) in [4.78, 5) is 10.4. The van der Waals surface area contributed by atoms with E-state index in [1.165, 1.54) is 0 Å². The summed E-state index contributed by atoms with van der Waals surface area (Å²) < 4.78 is 0. The van der Waals surface area contributed by atoms with E-state index in [2.05, 4.69) is 13.0 Å². The van der Waals surface area contributed by atoms with E-state index < -0.39 is 11.9 Å². The van der Waals surface area contributed by atoms with Crippen LogP contribution in [0.25, 0.3) is 0 Å². The predicted octanol–water partition coefficient (Wildman–Crippen LogP) is 2.62. The van der Waals surface area contributed by atoms with Gasteiger partial charge in [0.05, 0.1) is 5.92 Å². The molecule has 1 unspecified atom stereocenters. The van der Waals surface area contributed by atoms with Crippen LogP contribution in [0, 0.1) is 5.92 Å². The van der Waals surface area contributed by atoms with E-state index in [0.717, 1.165) is 12.0 Å². The number of hydrogen-bond donors (Lipinski definition) is 1. The fourth-order valence-electron chi connectivity index (χ4n) is 0.768. The third-order valence-corrected chi connectivity index (χ3v) is 1.56. The van der Waals surface area contributed by atoms with Crippen LogP contribution in [0.5, 0.6) is 0 Å². The summed E-state index contributed by atoms with van der Waals surface area (Å²) in [5.74, 6) is -1.18. The summed E-state index contributed by atoms with van der Waals surface area (Å²) in [7, 11) is 0. The summed E-state index contributed by atoms with van der Waals surface area (Å²) in [5.41, 5.74) is 1.12. The van der Waals surface area contributed by atoms with Crippen molar-refractivity contribution in [3.63, 3.8) is 0 Å². The fourth-order valence-corrected chi connectivity index (χ4v) is 0.768. The second-order valence-electron chi connectivity index (χ2n) is 2.84. The van der Waals surface area contributed by atoms with Gasteiger partial charge in [0, 0.05) is 0 Å². The van der Waals surface area contributed by atoms with Crippen LogP contribution in [-0.2, 0) is 4.79 Å². The van der Waals surface area contributed by atoms with Crippen molar-refractivity contribution in [1.29, 1.82) is 0 Å². The highest BCUT2D eigenvalue weighted by atomic mass is 16.4. The van der Waals surface area contributed by atoms with Crippen molar-refractivity contribution in [2.45, 2.75) is 27.2 Å². The van der Waals surface area contributed by atoms with Gasteiger partial charge in [-0.1, -0.05) is 30.7 Å². The quantitative estimate of drug-likeness (QED) is 0.655. The lowest BCUT2D eigenvalue weighted by molar-refractivity contribution is -0.139. The van der Waals surface area contributed by atoms with Gasteiger partial charge in [-0.05, 0) is 20.3 Å². The second kappa shape index (κ2) is 5.58. The molecule has 0 aromatic carbocycles. The standard InChI is InChI=1S/C10H16O2/c1-4-5-8(2)6-7-9(3)10(11)12/h5-7,9H,4H2,1-3H3,(H,11,12)/b7-6-,8-5-. The average Bonchev–Trinajstić information content (AvgIpc) is 2.00. The molecule has 1 N–H and O–H groups in total. The summed E-state index contributed by atoms with van der Waals surface area (Å²) >= 11 is 0. The highest BCUT2D eigenvalue weighted by Gasteiger charge is 2.04. The van der Waals surface area contributed by atoms with Crippen LogP contribution in [0.1, 0.15) is 27.2 Å². The lowest BCUT2D eigenvalue weighted by atomic mass is 10.1. The Morgan fingerprint density at radius 3 is 2.58 bits per heavy atom. The van der Waals surface area contributed by atoms with E-state index in [1.807, 2.05) is 13.0 Å². The minimum atomic E-state index is -0.782. The fraction of sp³-hybridized carbons (Fsp3) is 0.500. The highest BCUT2D eigenvalue weighted by Crippen LogP contribution is 2.02. The number of carboxylic acids is 1. The third kappa shape index (κ3) is 4.72. The molecule has 68 valence electrons. The molecule has 0 bridgehead atoms. The van der Waals surface area contributed by atoms with Gasteiger partial charge in [-0.2, -0.15) is 0 Å². The van der Waals surface area contributed by atoms with Gasteiger partial charge in [-0.3, -0.25) is 4.79 Å². The Labute approximate surface area is 73.6 Å². The molecule has 1 atom stereocenters. The molecule has 0 aromatic heterocycles. The molecule has 0 radical (unpaired) electrons. The van der Waals surface area contributed by atoms with Crippen LogP contribution in [0.4, 0.5) is 0 Å². The molecular formula is C10H16O2. The minimum Gasteiger partial charge on any atom is -0.481 e. The first kappa shape index (κ1) is 11.0. The topological polar surface area (TPSA) is 37.3 Å². The zero-order valence-electron chi connectivity index (χ0n) is 7.87. The van der Waals surface area contributed by atoms with Gasteiger partial charge in [0.1, 0.15) is 0 Å². The molecule has 0 aliphatic heterocycles. The number of aliphatic carboxylic acids is 1. The Bertz CT molecular complexity index is 202. The lowest BCUT2D eigenvalue weighted by Gasteiger charge is -1.97.